The predicted octanol–water partition coefficient (Wildman–Crippen LogP) is 1.30. The van der Waals surface area contributed by atoms with Crippen LogP contribution in [0.4, 0.5) is 8.78 Å². The number of rotatable bonds is 4. The first-order chi connectivity index (χ1) is 7.13. The number of aromatic nitrogens is 1. The van der Waals surface area contributed by atoms with Crippen LogP contribution in [0.1, 0.15) is 28.2 Å². The third kappa shape index (κ3) is 2.27. The van der Waals surface area contributed by atoms with E-state index in [0.29, 0.717) is 0 Å². The lowest BCUT2D eigenvalue weighted by Crippen LogP contribution is -2.08. The fraction of sp³-hybridized carbons (Fsp3) is 0.333. The van der Waals surface area contributed by atoms with Crippen LogP contribution < -0.4 is 10.5 Å². The van der Waals surface area contributed by atoms with Crippen LogP contribution in [0, 0.1) is 0 Å². The predicted molar refractivity (Wildman–Crippen MR) is 49.0 cm³/mol. The molecule has 0 aromatic carbocycles. The molecule has 0 saturated carbocycles. The average molecular weight is 216 g/mol. The van der Waals surface area contributed by atoms with Gasteiger partial charge in [0, 0.05) is 6.54 Å². The highest BCUT2D eigenvalue weighted by atomic mass is 19.3. The molecular weight excluding hydrogens is 206 g/mol. The van der Waals surface area contributed by atoms with Gasteiger partial charge in [0.2, 0.25) is 0 Å². The van der Waals surface area contributed by atoms with Crippen LogP contribution in [0.15, 0.2) is 6.07 Å². The summed E-state index contributed by atoms with van der Waals surface area (Å²) in [7, 11) is 1.33. The first kappa shape index (κ1) is 11.5. The van der Waals surface area contributed by atoms with E-state index >= 15 is 0 Å². The van der Waals surface area contributed by atoms with Crippen molar-refractivity contribution in [3.8, 4) is 5.75 Å². The van der Waals surface area contributed by atoms with E-state index in [1.54, 1.807) is 0 Å². The number of carbonyl (C=O) groups excluding carboxylic acids is 1. The standard InChI is InChI=1S/C9H10F2N2O2/c1-15-8-2-5(9(10)11)7(4-14)13-6(8)3-12/h2,4,9H,3,12H2,1H3. The molecule has 0 aliphatic heterocycles. The molecule has 0 radical (unpaired) electrons. The number of methoxy groups -OCH3 is 1. The molecule has 0 atom stereocenters. The average Bonchev–Trinajstić information content (AvgIpc) is 2.26. The minimum Gasteiger partial charge on any atom is -0.495 e. The van der Waals surface area contributed by atoms with Crippen molar-refractivity contribution in [3.05, 3.63) is 23.0 Å². The van der Waals surface area contributed by atoms with Crippen molar-refractivity contribution in [2.24, 2.45) is 5.73 Å². The van der Waals surface area contributed by atoms with Gasteiger partial charge >= 0.3 is 0 Å². The van der Waals surface area contributed by atoms with Gasteiger partial charge in [-0.05, 0) is 6.07 Å². The molecule has 1 aromatic heterocycles. The van der Waals surface area contributed by atoms with E-state index in [-0.39, 0.29) is 30.0 Å². The highest BCUT2D eigenvalue weighted by Gasteiger charge is 2.17. The van der Waals surface area contributed by atoms with Gasteiger partial charge in [-0.1, -0.05) is 0 Å². The number of carbonyl (C=O) groups is 1. The molecule has 1 heterocycles. The number of hydrogen-bond donors (Lipinski definition) is 1. The van der Waals surface area contributed by atoms with Crippen LogP contribution >= 0.6 is 0 Å². The van der Waals surface area contributed by atoms with E-state index < -0.39 is 12.0 Å². The van der Waals surface area contributed by atoms with Gasteiger partial charge in [0.25, 0.3) is 6.43 Å². The zero-order chi connectivity index (χ0) is 11.4. The lowest BCUT2D eigenvalue weighted by Gasteiger charge is -2.10. The van der Waals surface area contributed by atoms with Crippen molar-refractivity contribution >= 4 is 6.29 Å². The minimum atomic E-state index is -2.77. The lowest BCUT2D eigenvalue weighted by molar-refractivity contribution is 0.110. The van der Waals surface area contributed by atoms with E-state index in [1.807, 2.05) is 0 Å². The van der Waals surface area contributed by atoms with E-state index in [9.17, 15) is 13.6 Å². The molecule has 0 amide bonds. The molecular formula is C9H10F2N2O2. The largest absolute Gasteiger partial charge is 0.495 e. The van der Waals surface area contributed by atoms with Gasteiger partial charge in [0.15, 0.2) is 6.29 Å². The summed E-state index contributed by atoms with van der Waals surface area (Å²) in [5, 5.41) is 0. The first-order valence-electron chi connectivity index (χ1n) is 4.15. The second kappa shape index (κ2) is 4.79. The summed E-state index contributed by atoms with van der Waals surface area (Å²) in [6.45, 7) is 0.0214. The topological polar surface area (TPSA) is 65.2 Å². The van der Waals surface area contributed by atoms with Gasteiger partial charge in [-0.3, -0.25) is 4.79 Å². The fourth-order valence-corrected chi connectivity index (χ4v) is 1.16. The Kier molecular flexibility index (Phi) is 3.68. The molecule has 4 nitrogen and oxygen atoms in total. The van der Waals surface area contributed by atoms with Crippen molar-refractivity contribution in [3.63, 3.8) is 0 Å². The maximum atomic E-state index is 12.5. The number of aldehydes is 1. The van der Waals surface area contributed by atoms with Crippen LogP contribution in [0.3, 0.4) is 0 Å². The summed E-state index contributed by atoms with van der Waals surface area (Å²) in [6.07, 6.45) is -2.49. The minimum absolute atomic E-state index is 0.0214. The molecule has 2 N–H and O–H groups in total. The summed E-state index contributed by atoms with van der Waals surface area (Å²) in [4.78, 5) is 14.2. The van der Waals surface area contributed by atoms with Crippen molar-refractivity contribution in [2.45, 2.75) is 13.0 Å². The molecule has 6 heteroatoms. The Bertz CT molecular complexity index is 369. The zero-order valence-corrected chi connectivity index (χ0v) is 8.04. The molecule has 82 valence electrons. The monoisotopic (exact) mass is 216 g/mol. The quantitative estimate of drug-likeness (QED) is 0.770. The van der Waals surface area contributed by atoms with Crippen LogP contribution in [-0.4, -0.2) is 18.4 Å². The third-order valence-corrected chi connectivity index (χ3v) is 1.88. The Labute approximate surface area is 85.1 Å². The summed E-state index contributed by atoms with van der Waals surface area (Å²) in [5.74, 6) is 0.165. The molecule has 15 heavy (non-hydrogen) atoms. The van der Waals surface area contributed by atoms with E-state index in [2.05, 4.69) is 4.98 Å². The summed E-state index contributed by atoms with van der Waals surface area (Å²) >= 11 is 0. The Hall–Kier alpha value is -1.56. The number of halogens is 2. The first-order valence-corrected chi connectivity index (χ1v) is 4.15. The number of hydrogen-bond acceptors (Lipinski definition) is 4. The van der Waals surface area contributed by atoms with Crippen molar-refractivity contribution in [1.29, 1.82) is 0 Å². The molecule has 0 bridgehead atoms. The normalized spacial score (nSPS) is 10.5. The van der Waals surface area contributed by atoms with E-state index in [1.165, 1.54) is 7.11 Å². The maximum absolute atomic E-state index is 12.5. The third-order valence-electron chi connectivity index (χ3n) is 1.88. The Morgan fingerprint density at radius 1 is 1.67 bits per heavy atom. The highest BCUT2D eigenvalue weighted by Crippen LogP contribution is 2.27. The van der Waals surface area contributed by atoms with Gasteiger partial charge < -0.3 is 10.5 Å². The van der Waals surface area contributed by atoms with Crippen LogP contribution in [0.2, 0.25) is 0 Å². The van der Waals surface area contributed by atoms with Crippen LogP contribution in [0.25, 0.3) is 0 Å². The SMILES string of the molecule is COc1cc(C(F)F)c(C=O)nc1CN. The smallest absolute Gasteiger partial charge is 0.266 e. The van der Waals surface area contributed by atoms with Gasteiger partial charge in [-0.15, -0.1) is 0 Å². The van der Waals surface area contributed by atoms with Gasteiger partial charge in [-0.25, -0.2) is 13.8 Å². The molecule has 0 saturated heterocycles. The number of alkyl halides is 2. The second-order valence-corrected chi connectivity index (χ2v) is 2.73. The summed E-state index contributed by atoms with van der Waals surface area (Å²) < 4.78 is 29.8. The van der Waals surface area contributed by atoms with E-state index in [0.717, 1.165) is 6.07 Å². The van der Waals surface area contributed by atoms with E-state index in [4.69, 9.17) is 10.5 Å². The fourth-order valence-electron chi connectivity index (χ4n) is 1.16. The molecule has 0 unspecified atom stereocenters. The molecule has 0 fully saturated rings. The maximum Gasteiger partial charge on any atom is 0.266 e. The molecule has 0 aliphatic rings. The number of nitrogens with two attached hydrogens (primary N) is 1. The molecule has 0 aliphatic carbocycles. The molecule has 1 rings (SSSR count). The van der Waals surface area contributed by atoms with Gasteiger partial charge in [-0.2, -0.15) is 0 Å². The van der Waals surface area contributed by atoms with Crippen molar-refractivity contribution in [1.82, 2.24) is 4.98 Å². The molecule has 0 spiro atoms. The molecule has 1 aromatic rings. The lowest BCUT2D eigenvalue weighted by atomic mass is 10.1. The zero-order valence-electron chi connectivity index (χ0n) is 8.04. The number of ether oxygens (including phenoxy) is 1. The van der Waals surface area contributed by atoms with Crippen LogP contribution in [-0.2, 0) is 6.54 Å². The summed E-state index contributed by atoms with van der Waals surface area (Å²) in [5.41, 5.74) is 4.87. The van der Waals surface area contributed by atoms with Gasteiger partial charge in [0.05, 0.1) is 18.4 Å². The van der Waals surface area contributed by atoms with Crippen molar-refractivity contribution < 1.29 is 18.3 Å². The number of pyridine rings is 1. The van der Waals surface area contributed by atoms with Gasteiger partial charge in [0.1, 0.15) is 11.4 Å². The highest BCUT2D eigenvalue weighted by molar-refractivity contribution is 5.75. The van der Waals surface area contributed by atoms with Crippen molar-refractivity contribution in [2.75, 3.05) is 7.11 Å². The Morgan fingerprint density at radius 2 is 2.33 bits per heavy atom. The number of nitrogens with zero attached hydrogens (tertiary/aromatic N) is 1. The second-order valence-electron chi connectivity index (χ2n) is 2.73. The Morgan fingerprint density at radius 3 is 2.73 bits per heavy atom. The Balaban J connectivity index is 3.34. The summed E-state index contributed by atoms with van der Waals surface area (Å²) in [6, 6.07) is 1.09. The van der Waals surface area contributed by atoms with Crippen LogP contribution in [0.5, 0.6) is 5.75 Å².